The SMILES string of the molecule is O=C(c1ccc(C(=O)N2CC(O)C2)cc1)c1cc[nH]c1. The lowest BCUT2D eigenvalue weighted by atomic mass is 10.0. The van der Waals surface area contributed by atoms with Crippen LogP contribution in [0.4, 0.5) is 0 Å². The number of H-pyrrole nitrogens is 1. The number of amides is 1. The molecule has 2 N–H and O–H groups in total. The zero-order chi connectivity index (χ0) is 14.1. The highest BCUT2D eigenvalue weighted by Crippen LogP contribution is 2.15. The molecule has 20 heavy (non-hydrogen) atoms. The first kappa shape index (κ1) is 12.6. The first-order valence-corrected chi connectivity index (χ1v) is 6.40. The number of aliphatic hydroxyl groups excluding tert-OH is 1. The fourth-order valence-electron chi connectivity index (χ4n) is 2.20. The highest BCUT2D eigenvalue weighted by molar-refractivity contribution is 6.09. The minimum Gasteiger partial charge on any atom is -0.389 e. The maximum atomic E-state index is 12.1. The molecule has 1 aliphatic rings. The van der Waals surface area contributed by atoms with Crippen molar-refractivity contribution in [1.29, 1.82) is 0 Å². The largest absolute Gasteiger partial charge is 0.389 e. The Balaban J connectivity index is 1.75. The van der Waals surface area contributed by atoms with Crippen molar-refractivity contribution < 1.29 is 14.7 Å². The van der Waals surface area contributed by atoms with E-state index in [0.717, 1.165) is 0 Å². The molecule has 2 heterocycles. The third-order valence-electron chi connectivity index (χ3n) is 3.40. The number of rotatable bonds is 3. The van der Waals surface area contributed by atoms with Crippen molar-refractivity contribution in [3.05, 3.63) is 59.4 Å². The summed E-state index contributed by atoms with van der Waals surface area (Å²) >= 11 is 0. The number of carbonyl (C=O) groups excluding carboxylic acids is 2. The van der Waals surface area contributed by atoms with E-state index in [4.69, 9.17) is 0 Å². The number of nitrogens with zero attached hydrogens (tertiary/aromatic N) is 1. The van der Waals surface area contributed by atoms with Crippen molar-refractivity contribution in [2.45, 2.75) is 6.10 Å². The highest BCUT2D eigenvalue weighted by atomic mass is 16.3. The van der Waals surface area contributed by atoms with Crippen molar-refractivity contribution in [1.82, 2.24) is 9.88 Å². The molecule has 2 aromatic rings. The molecule has 0 aliphatic carbocycles. The van der Waals surface area contributed by atoms with E-state index < -0.39 is 6.10 Å². The molecule has 102 valence electrons. The van der Waals surface area contributed by atoms with E-state index in [1.165, 1.54) is 0 Å². The van der Waals surface area contributed by atoms with Gasteiger partial charge >= 0.3 is 0 Å². The Kier molecular flexibility index (Phi) is 3.12. The summed E-state index contributed by atoms with van der Waals surface area (Å²) in [4.78, 5) is 28.5. The number of aliphatic hydroxyl groups is 1. The van der Waals surface area contributed by atoms with E-state index in [-0.39, 0.29) is 11.7 Å². The number of ketones is 1. The summed E-state index contributed by atoms with van der Waals surface area (Å²) in [6, 6.07) is 8.31. The lowest BCUT2D eigenvalue weighted by Crippen LogP contribution is -2.53. The summed E-state index contributed by atoms with van der Waals surface area (Å²) in [5, 5.41) is 9.20. The quantitative estimate of drug-likeness (QED) is 0.819. The molecule has 0 radical (unpaired) electrons. The summed E-state index contributed by atoms with van der Waals surface area (Å²) in [6.07, 6.45) is 2.93. The van der Waals surface area contributed by atoms with Crippen LogP contribution in [0, 0.1) is 0 Å². The number of hydrogen-bond donors (Lipinski definition) is 2. The van der Waals surface area contributed by atoms with Crippen LogP contribution < -0.4 is 0 Å². The second-order valence-corrected chi connectivity index (χ2v) is 4.87. The van der Waals surface area contributed by atoms with E-state index in [2.05, 4.69) is 4.98 Å². The topological polar surface area (TPSA) is 73.4 Å². The molecule has 5 nitrogen and oxygen atoms in total. The minimum absolute atomic E-state index is 0.0791. The Bertz CT molecular complexity index is 626. The molecule has 1 fully saturated rings. The molecule has 1 amide bonds. The molecule has 5 heteroatoms. The summed E-state index contributed by atoms with van der Waals surface area (Å²) in [7, 11) is 0. The van der Waals surface area contributed by atoms with Crippen LogP contribution in [-0.2, 0) is 0 Å². The number of β-amino-alcohol motifs (C(OH)–C–C–N with tert-alkyl or cyclic N) is 1. The molecule has 0 saturated carbocycles. The van der Waals surface area contributed by atoms with Gasteiger partial charge in [0.05, 0.1) is 6.10 Å². The van der Waals surface area contributed by atoms with Crippen LogP contribution >= 0.6 is 0 Å². The van der Waals surface area contributed by atoms with E-state index >= 15 is 0 Å². The molecule has 1 aromatic carbocycles. The zero-order valence-electron chi connectivity index (χ0n) is 10.7. The van der Waals surface area contributed by atoms with E-state index in [9.17, 15) is 14.7 Å². The average molecular weight is 270 g/mol. The molecule has 0 unspecified atom stereocenters. The molecule has 0 bridgehead atoms. The van der Waals surface area contributed by atoms with Crippen molar-refractivity contribution in [3.8, 4) is 0 Å². The van der Waals surface area contributed by atoms with Gasteiger partial charge in [-0.25, -0.2) is 0 Å². The van der Waals surface area contributed by atoms with Crippen LogP contribution in [0.3, 0.4) is 0 Å². The number of aromatic nitrogens is 1. The van der Waals surface area contributed by atoms with Gasteiger partial charge in [-0.15, -0.1) is 0 Å². The van der Waals surface area contributed by atoms with Gasteiger partial charge < -0.3 is 15.0 Å². The van der Waals surface area contributed by atoms with Crippen LogP contribution in [0.15, 0.2) is 42.7 Å². The molecule has 1 aromatic heterocycles. The highest BCUT2D eigenvalue weighted by Gasteiger charge is 2.29. The Morgan fingerprint density at radius 3 is 2.25 bits per heavy atom. The van der Waals surface area contributed by atoms with E-state index in [1.807, 2.05) is 0 Å². The number of benzene rings is 1. The summed E-state index contributed by atoms with van der Waals surface area (Å²) in [5.41, 5.74) is 1.67. The molecule has 0 spiro atoms. The standard InChI is InChI=1S/C15H14N2O3/c18-13-8-17(9-13)15(20)11-3-1-10(2-4-11)14(19)12-5-6-16-7-12/h1-7,13,16,18H,8-9H2. The average Bonchev–Trinajstić information content (AvgIpc) is 2.97. The maximum absolute atomic E-state index is 12.1. The fourth-order valence-corrected chi connectivity index (χ4v) is 2.20. The lowest BCUT2D eigenvalue weighted by Gasteiger charge is -2.35. The number of hydrogen-bond acceptors (Lipinski definition) is 3. The van der Waals surface area contributed by atoms with Gasteiger partial charge in [0.15, 0.2) is 5.78 Å². The van der Waals surface area contributed by atoms with Gasteiger partial charge in [0, 0.05) is 42.2 Å². The number of nitrogens with one attached hydrogen (secondary N) is 1. The third-order valence-corrected chi connectivity index (χ3v) is 3.40. The smallest absolute Gasteiger partial charge is 0.254 e. The Morgan fingerprint density at radius 1 is 1.05 bits per heavy atom. The second kappa shape index (κ2) is 4.94. The third kappa shape index (κ3) is 2.23. The predicted octanol–water partition coefficient (Wildman–Crippen LogP) is 1.06. The molecular weight excluding hydrogens is 256 g/mol. The predicted molar refractivity (Wildman–Crippen MR) is 72.6 cm³/mol. The molecule has 1 saturated heterocycles. The monoisotopic (exact) mass is 270 g/mol. The van der Waals surface area contributed by atoms with Gasteiger partial charge in [0.2, 0.25) is 0 Å². The van der Waals surface area contributed by atoms with Gasteiger partial charge in [-0.2, -0.15) is 0 Å². The van der Waals surface area contributed by atoms with Crippen molar-refractivity contribution in [2.24, 2.45) is 0 Å². The number of carbonyl (C=O) groups is 2. The van der Waals surface area contributed by atoms with Crippen LogP contribution in [-0.4, -0.2) is 45.9 Å². The molecular formula is C15H14N2O3. The van der Waals surface area contributed by atoms with Gasteiger partial charge in [-0.05, 0) is 18.2 Å². The van der Waals surface area contributed by atoms with Gasteiger partial charge in [0.25, 0.3) is 5.91 Å². The number of aromatic amines is 1. The van der Waals surface area contributed by atoms with E-state index in [1.54, 1.807) is 47.6 Å². The van der Waals surface area contributed by atoms with Crippen LogP contribution in [0.1, 0.15) is 26.3 Å². The molecule has 3 rings (SSSR count). The summed E-state index contributed by atoms with van der Waals surface area (Å²) in [5.74, 6) is -0.194. The zero-order valence-corrected chi connectivity index (χ0v) is 10.7. The first-order chi connectivity index (χ1) is 9.65. The van der Waals surface area contributed by atoms with Crippen LogP contribution in [0.2, 0.25) is 0 Å². The normalized spacial score (nSPS) is 14.9. The van der Waals surface area contributed by atoms with Crippen molar-refractivity contribution in [3.63, 3.8) is 0 Å². The van der Waals surface area contributed by atoms with Gasteiger partial charge in [-0.1, -0.05) is 12.1 Å². The number of likely N-dealkylation sites (tertiary alicyclic amines) is 1. The summed E-state index contributed by atoms with van der Waals surface area (Å²) < 4.78 is 0. The fraction of sp³-hybridized carbons (Fsp3) is 0.200. The van der Waals surface area contributed by atoms with E-state index in [0.29, 0.717) is 29.8 Å². The maximum Gasteiger partial charge on any atom is 0.254 e. The molecule has 1 aliphatic heterocycles. The van der Waals surface area contributed by atoms with Gasteiger partial charge in [-0.3, -0.25) is 9.59 Å². The van der Waals surface area contributed by atoms with Crippen LogP contribution in [0.25, 0.3) is 0 Å². The van der Waals surface area contributed by atoms with Gasteiger partial charge in [0.1, 0.15) is 0 Å². The summed E-state index contributed by atoms with van der Waals surface area (Å²) in [6.45, 7) is 0.756. The molecule has 0 atom stereocenters. The van der Waals surface area contributed by atoms with Crippen LogP contribution in [0.5, 0.6) is 0 Å². The lowest BCUT2D eigenvalue weighted by molar-refractivity contribution is 0.00589. The Labute approximate surface area is 115 Å². The Morgan fingerprint density at radius 2 is 1.70 bits per heavy atom. The first-order valence-electron chi connectivity index (χ1n) is 6.40. The second-order valence-electron chi connectivity index (χ2n) is 4.87. The van der Waals surface area contributed by atoms with Crippen molar-refractivity contribution >= 4 is 11.7 Å². The van der Waals surface area contributed by atoms with Crippen molar-refractivity contribution in [2.75, 3.05) is 13.1 Å². The Hall–Kier alpha value is -2.40. The minimum atomic E-state index is -0.409.